The van der Waals surface area contributed by atoms with E-state index in [0.29, 0.717) is 31.0 Å². The summed E-state index contributed by atoms with van der Waals surface area (Å²) in [6, 6.07) is 0. The van der Waals surface area contributed by atoms with Crippen LogP contribution in [0.1, 0.15) is 31.0 Å². The molecule has 0 spiro atoms. The summed E-state index contributed by atoms with van der Waals surface area (Å²) in [7, 11) is 1.81. The van der Waals surface area contributed by atoms with Crippen LogP contribution in [0.5, 0.6) is 0 Å². The topological polar surface area (TPSA) is 47.3 Å². The van der Waals surface area contributed by atoms with Gasteiger partial charge in [0.1, 0.15) is 5.15 Å². The average molecular weight is 259 g/mol. The molecular weight excluding hydrogens is 240 g/mol. The van der Waals surface area contributed by atoms with Crippen molar-refractivity contribution in [1.82, 2.24) is 9.78 Å². The molecule has 0 saturated carbocycles. The minimum Gasteiger partial charge on any atom is -0.389 e. The van der Waals surface area contributed by atoms with Crippen LogP contribution in [-0.2, 0) is 18.2 Å². The summed E-state index contributed by atoms with van der Waals surface area (Å²) in [5.74, 6) is 0. The minimum atomic E-state index is -0.713. The van der Waals surface area contributed by atoms with E-state index in [1.807, 2.05) is 20.9 Å². The molecule has 17 heavy (non-hydrogen) atoms. The molecule has 1 N–H and O–H groups in total. The number of ether oxygens (including phenoxy) is 1. The third-order valence-corrected chi connectivity index (χ3v) is 3.89. The molecule has 1 aromatic heterocycles. The van der Waals surface area contributed by atoms with Gasteiger partial charge in [0.2, 0.25) is 0 Å². The lowest BCUT2D eigenvalue weighted by Gasteiger charge is -2.35. The van der Waals surface area contributed by atoms with E-state index >= 15 is 0 Å². The van der Waals surface area contributed by atoms with Gasteiger partial charge in [0.15, 0.2) is 0 Å². The summed E-state index contributed by atoms with van der Waals surface area (Å²) < 4.78 is 7.11. The Morgan fingerprint density at radius 2 is 2.35 bits per heavy atom. The molecule has 0 aliphatic carbocycles. The Labute approximate surface area is 107 Å². The number of rotatable bonds is 2. The second-order valence-electron chi connectivity index (χ2n) is 5.02. The fourth-order valence-corrected chi connectivity index (χ4v) is 2.75. The summed E-state index contributed by atoms with van der Waals surface area (Å²) in [5.41, 5.74) is 1.13. The molecule has 96 valence electrons. The lowest BCUT2D eigenvalue weighted by molar-refractivity contribution is -0.0961. The van der Waals surface area contributed by atoms with Gasteiger partial charge in [-0.25, -0.2) is 0 Å². The van der Waals surface area contributed by atoms with E-state index in [9.17, 15) is 5.11 Å². The molecule has 0 radical (unpaired) electrons. The van der Waals surface area contributed by atoms with Crippen molar-refractivity contribution in [3.8, 4) is 0 Å². The second kappa shape index (κ2) is 4.59. The zero-order valence-electron chi connectivity index (χ0n) is 10.5. The predicted molar refractivity (Wildman–Crippen MR) is 66.3 cm³/mol. The number of aromatic nitrogens is 2. The highest BCUT2D eigenvalue weighted by Crippen LogP contribution is 2.31. The van der Waals surface area contributed by atoms with Crippen LogP contribution >= 0.6 is 11.6 Å². The van der Waals surface area contributed by atoms with Gasteiger partial charge in [-0.3, -0.25) is 4.68 Å². The van der Waals surface area contributed by atoms with Crippen molar-refractivity contribution in [3.05, 3.63) is 16.4 Å². The Balaban J connectivity index is 2.19. The number of aryl methyl sites for hydroxylation is 2. The molecule has 1 aromatic rings. The summed E-state index contributed by atoms with van der Waals surface area (Å²) in [5, 5.41) is 15.5. The number of aliphatic hydroxyl groups is 1. The summed E-state index contributed by atoms with van der Waals surface area (Å²) >= 11 is 6.19. The van der Waals surface area contributed by atoms with Gasteiger partial charge in [0, 0.05) is 32.1 Å². The van der Waals surface area contributed by atoms with Crippen molar-refractivity contribution in [1.29, 1.82) is 0 Å². The Morgan fingerprint density at radius 1 is 1.65 bits per heavy atom. The van der Waals surface area contributed by atoms with E-state index in [4.69, 9.17) is 16.3 Å². The van der Waals surface area contributed by atoms with Crippen LogP contribution in [0, 0.1) is 6.92 Å². The Hall–Kier alpha value is -0.580. The zero-order chi connectivity index (χ0) is 12.6. The maximum atomic E-state index is 10.6. The summed E-state index contributed by atoms with van der Waals surface area (Å²) in [4.78, 5) is 0. The second-order valence-corrected chi connectivity index (χ2v) is 5.37. The van der Waals surface area contributed by atoms with Gasteiger partial charge in [0.25, 0.3) is 0 Å². The molecule has 5 heteroatoms. The van der Waals surface area contributed by atoms with Gasteiger partial charge in [0.05, 0.1) is 17.4 Å². The normalized spacial score (nSPS) is 29.6. The van der Waals surface area contributed by atoms with Crippen LogP contribution in [0.15, 0.2) is 0 Å². The van der Waals surface area contributed by atoms with Crippen LogP contribution in [0.2, 0.25) is 5.15 Å². The van der Waals surface area contributed by atoms with Gasteiger partial charge in [-0.05, 0) is 20.3 Å². The highest BCUT2D eigenvalue weighted by Gasteiger charge is 2.35. The third kappa shape index (κ3) is 2.64. The molecular formula is C12H19ClN2O2. The van der Waals surface area contributed by atoms with E-state index in [1.54, 1.807) is 4.68 Å². The number of nitrogens with zero attached hydrogens (tertiary/aromatic N) is 2. The monoisotopic (exact) mass is 258 g/mol. The summed E-state index contributed by atoms with van der Waals surface area (Å²) in [6.07, 6.45) is 1.96. The van der Waals surface area contributed by atoms with E-state index in [0.717, 1.165) is 11.3 Å². The largest absolute Gasteiger partial charge is 0.389 e. The Morgan fingerprint density at radius 3 is 2.88 bits per heavy atom. The highest BCUT2D eigenvalue weighted by molar-refractivity contribution is 6.30. The predicted octanol–water partition coefficient (Wildman–Crippen LogP) is 1.85. The number of halogens is 1. The molecule has 1 fully saturated rings. The van der Waals surface area contributed by atoms with Crippen LogP contribution in [0.4, 0.5) is 0 Å². The first kappa shape index (κ1) is 12.9. The third-order valence-electron chi connectivity index (χ3n) is 3.41. The molecule has 1 aliphatic rings. The van der Waals surface area contributed by atoms with Crippen LogP contribution < -0.4 is 0 Å². The van der Waals surface area contributed by atoms with Crippen LogP contribution in [0.25, 0.3) is 0 Å². The molecule has 1 saturated heterocycles. The molecule has 2 heterocycles. The quantitative estimate of drug-likeness (QED) is 0.881. The lowest BCUT2D eigenvalue weighted by atomic mass is 9.85. The van der Waals surface area contributed by atoms with Crippen molar-refractivity contribution in [3.63, 3.8) is 0 Å². The molecule has 0 aromatic carbocycles. The van der Waals surface area contributed by atoms with Crippen molar-refractivity contribution >= 4 is 11.6 Å². The summed E-state index contributed by atoms with van der Waals surface area (Å²) in [6.45, 7) is 4.52. The first-order valence-electron chi connectivity index (χ1n) is 5.93. The van der Waals surface area contributed by atoms with Gasteiger partial charge in [-0.2, -0.15) is 5.10 Å². The van der Waals surface area contributed by atoms with E-state index in [1.165, 1.54) is 0 Å². The molecule has 0 bridgehead atoms. The van der Waals surface area contributed by atoms with E-state index in [2.05, 4.69) is 5.10 Å². The van der Waals surface area contributed by atoms with Crippen LogP contribution in [-0.4, -0.2) is 33.2 Å². The SMILES string of the molecule is Cc1nn(C)c(Cl)c1CC1(O)CCOC(C)C1. The van der Waals surface area contributed by atoms with Crippen molar-refractivity contribution in [2.75, 3.05) is 6.61 Å². The Bertz CT molecular complexity index is 419. The Kier molecular flexibility index (Phi) is 3.48. The standard InChI is InChI=1S/C12H19ClN2O2/c1-8-6-12(16,4-5-17-8)7-10-9(2)14-15(3)11(10)13/h8,16H,4-7H2,1-3H3. The van der Waals surface area contributed by atoms with E-state index < -0.39 is 5.60 Å². The number of hydrogen-bond donors (Lipinski definition) is 1. The number of hydrogen-bond acceptors (Lipinski definition) is 3. The van der Waals surface area contributed by atoms with Crippen molar-refractivity contribution in [2.24, 2.45) is 7.05 Å². The van der Waals surface area contributed by atoms with E-state index in [-0.39, 0.29) is 6.10 Å². The van der Waals surface area contributed by atoms with Gasteiger partial charge < -0.3 is 9.84 Å². The van der Waals surface area contributed by atoms with Crippen molar-refractivity contribution in [2.45, 2.75) is 44.8 Å². The van der Waals surface area contributed by atoms with Gasteiger partial charge in [-0.1, -0.05) is 11.6 Å². The maximum absolute atomic E-state index is 10.6. The zero-order valence-corrected chi connectivity index (χ0v) is 11.3. The maximum Gasteiger partial charge on any atom is 0.130 e. The van der Waals surface area contributed by atoms with Gasteiger partial charge in [-0.15, -0.1) is 0 Å². The average Bonchev–Trinajstić information content (AvgIpc) is 2.44. The first-order chi connectivity index (χ1) is 7.91. The van der Waals surface area contributed by atoms with Crippen molar-refractivity contribution < 1.29 is 9.84 Å². The van der Waals surface area contributed by atoms with Gasteiger partial charge >= 0.3 is 0 Å². The fourth-order valence-electron chi connectivity index (χ4n) is 2.51. The van der Waals surface area contributed by atoms with Crippen LogP contribution in [0.3, 0.4) is 0 Å². The smallest absolute Gasteiger partial charge is 0.130 e. The first-order valence-corrected chi connectivity index (χ1v) is 6.31. The molecule has 1 aliphatic heterocycles. The molecule has 2 atom stereocenters. The molecule has 2 unspecified atom stereocenters. The molecule has 4 nitrogen and oxygen atoms in total. The lowest BCUT2D eigenvalue weighted by Crippen LogP contribution is -2.41. The molecule has 0 amide bonds. The highest BCUT2D eigenvalue weighted by atomic mass is 35.5. The minimum absolute atomic E-state index is 0.101. The molecule has 2 rings (SSSR count). The fraction of sp³-hybridized carbons (Fsp3) is 0.750.